The molecular weight excluding hydrogens is 306 g/mol. The second-order valence-electron chi connectivity index (χ2n) is 6.51. The Morgan fingerprint density at radius 3 is 2.46 bits per heavy atom. The molecule has 6 heteroatoms. The fourth-order valence-corrected chi connectivity index (χ4v) is 2.33. The average molecular weight is 329 g/mol. The van der Waals surface area contributed by atoms with Crippen molar-refractivity contribution in [3.05, 3.63) is 53.3 Å². The maximum absolute atomic E-state index is 12.0. The summed E-state index contributed by atoms with van der Waals surface area (Å²) in [5.74, 6) is -0.686. The lowest BCUT2D eigenvalue weighted by molar-refractivity contribution is 0.0494. The van der Waals surface area contributed by atoms with Crippen LogP contribution >= 0.6 is 0 Å². The van der Waals surface area contributed by atoms with Gasteiger partial charge in [-0.3, -0.25) is 9.48 Å². The zero-order valence-corrected chi connectivity index (χ0v) is 14.5. The number of carbonyl (C=O) groups excluding carboxylic acids is 2. The van der Waals surface area contributed by atoms with Gasteiger partial charge < -0.3 is 10.1 Å². The van der Waals surface area contributed by atoms with E-state index in [0.29, 0.717) is 5.56 Å². The summed E-state index contributed by atoms with van der Waals surface area (Å²) < 4.78 is 6.96. The molecule has 0 saturated heterocycles. The van der Waals surface area contributed by atoms with E-state index in [0.717, 1.165) is 5.69 Å². The molecule has 128 valence electrons. The first-order valence-corrected chi connectivity index (χ1v) is 7.86. The van der Waals surface area contributed by atoms with E-state index in [1.54, 1.807) is 35.0 Å². The Morgan fingerprint density at radius 1 is 1.21 bits per heavy atom. The van der Waals surface area contributed by atoms with Gasteiger partial charge in [0.2, 0.25) is 0 Å². The third-order valence-corrected chi connectivity index (χ3v) is 3.39. The summed E-state index contributed by atoms with van der Waals surface area (Å²) >= 11 is 0. The first-order chi connectivity index (χ1) is 11.3. The maximum Gasteiger partial charge on any atom is 0.358 e. The molecule has 0 saturated carbocycles. The Morgan fingerprint density at radius 2 is 1.88 bits per heavy atom. The number of benzene rings is 1. The Hall–Kier alpha value is -2.63. The summed E-state index contributed by atoms with van der Waals surface area (Å²) in [4.78, 5) is 23.9. The Labute approximate surface area is 141 Å². The molecule has 2 aromatic rings. The van der Waals surface area contributed by atoms with E-state index in [1.807, 2.05) is 33.8 Å². The van der Waals surface area contributed by atoms with E-state index < -0.39 is 5.97 Å². The quantitative estimate of drug-likeness (QED) is 0.676. The number of hydrogen-bond acceptors (Lipinski definition) is 4. The zero-order valence-electron chi connectivity index (χ0n) is 14.5. The largest absolute Gasteiger partial charge is 0.459 e. The van der Waals surface area contributed by atoms with Crippen LogP contribution < -0.4 is 5.32 Å². The molecule has 1 N–H and O–H groups in total. The molecule has 0 bridgehead atoms. The number of nitrogens with zero attached hydrogens (tertiary/aromatic N) is 2. The lowest BCUT2D eigenvalue weighted by Crippen LogP contribution is -2.28. The number of carbonyl (C=O) groups is 2. The smallest absolute Gasteiger partial charge is 0.358 e. The molecule has 0 spiro atoms. The topological polar surface area (TPSA) is 73.2 Å². The normalized spacial score (nSPS) is 11.2. The molecule has 1 aromatic heterocycles. The van der Waals surface area contributed by atoms with E-state index in [9.17, 15) is 9.59 Å². The summed E-state index contributed by atoms with van der Waals surface area (Å²) in [6, 6.07) is 10.6. The van der Waals surface area contributed by atoms with Gasteiger partial charge in [-0.05, 0) is 45.9 Å². The molecule has 0 aliphatic heterocycles. The summed E-state index contributed by atoms with van der Waals surface area (Å²) in [6.07, 6.45) is 0. The van der Waals surface area contributed by atoms with Gasteiger partial charge in [0.15, 0.2) is 5.69 Å². The van der Waals surface area contributed by atoms with Crippen molar-refractivity contribution in [3.8, 4) is 0 Å². The predicted octanol–water partition coefficient (Wildman–Crippen LogP) is 2.53. The highest BCUT2D eigenvalue weighted by Crippen LogP contribution is 2.17. The summed E-state index contributed by atoms with van der Waals surface area (Å²) in [5.41, 5.74) is 1.54. The van der Waals surface area contributed by atoms with Gasteiger partial charge >= 0.3 is 5.97 Å². The molecule has 6 nitrogen and oxygen atoms in total. The monoisotopic (exact) mass is 329 g/mol. The molecular formula is C18H23N3O3. The Bertz CT molecular complexity index is 715. The first-order valence-electron chi connectivity index (χ1n) is 7.86. The zero-order chi connectivity index (χ0) is 17.7. The molecule has 0 fully saturated rings. The SMILES string of the molecule is Cc1cc(C(=O)OCCNC(=O)c2ccccc2)nn1C(C)(C)C. The molecule has 0 unspecified atom stereocenters. The van der Waals surface area contributed by atoms with Gasteiger partial charge in [0.05, 0.1) is 12.1 Å². The number of nitrogens with one attached hydrogen (secondary N) is 1. The predicted molar refractivity (Wildman–Crippen MR) is 91.0 cm³/mol. The molecule has 0 aliphatic rings. The van der Waals surface area contributed by atoms with Crippen molar-refractivity contribution in [2.45, 2.75) is 33.2 Å². The highest BCUT2D eigenvalue weighted by atomic mass is 16.5. The van der Waals surface area contributed by atoms with Crippen molar-refractivity contribution in [2.75, 3.05) is 13.2 Å². The van der Waals surface area contributed by atoms with Gasteiger partial charge in [0, 0.05) is 11.3 Å². The molecule has 2 rings (SSSR count). The Kier molecular flexibility index (Phi) is 5.39. The average Bonchev–Trinajstić information content (AvgIpc) is 2.94. The van der Waals surface area contributed by atoms with Crippen LogP contribution in [0.5, 0.6) is 0 Å². The van der Waals surface area contributed by atoms with Gasteiger partial charge in [0.25, 0.3) is 5.91 Å². The minimum atomic E-state index is -0.491. The van der Waals surface area contributed by atoms with E-state index in [2.05, 4.69) is 10.4 Å². The number of hydrogen-bond donors (Lipinski definition) is 1. The van der Waals surface area contributed by atoms with Crippen molar-refractivity contribution < 1.29 is 14.3 Å². The Balaban J connectivity index is 1.83. The molecule has 1 amide bonds. The number of aryl methyl sites for hydroxylation is 1. The van der Waals surface area contributed by atoms with Crippen molar-refractivity contribution in [3.63, 3.8) is 0 Å². The minimum Gasteiger partial charge on any atom is -0.459 e. The van der Waals surface area contributed by atoms with E-state index in [4.69, 9.17) is 4.74 Å². The summed E-state index contributed by atoms with van der Waals surface area (Å²) in [7, 11) is 0. The molecule has 1 aromatic carbocycles. The van der Waals surface area contributed by atoms with Gasteiger partial charge in [-0.2, -0.15) is 5.10 Å². The van der Waals surface area contributed by atoms with Gasteiger partial charge in [-0.25, -0.2) is 4.79 Å². The number of aromatic nitrogens is 2. The number of esters is 1. The van der Waals surface area contributed by atoms with Crippen molar-refractivity contribution in [2.24, 2.45) is 0 Å². The van der Waals surface area contributed by atoms with Gasteiger partial charge in [-0.15, -0.1) is 0 Å². The standard InChI is InChI=1S/C18H23N3O3/c1-13-12-15(20-21(13)18(2,3)4)17(23)24-11-10-19-16(22)14-8-6-5-7-9-14/h5-9,12H,10-11H2,1-4H3,(H,19,22). The van der Waals surface area contributed by atoms with Crippen LogP contribution in [0.2, 0.25) is 0 Å². The number of rotatable bonds is 5. The lowest BCUT2D eigenvalue weighted by Gasteiger charge is -2.21. The summed E-state index contributed by atoms with van der Waals surface area (Å²) in [6.45, 7) is 8.29. The second kappa shape index (κ2) is 7.29. The van der Waals surface area contributed by atoms with Crippen LogP contribution in [0.1, 0.15) is 47.3 Å². The molecule has 1 heterocycles. The van der Waals surface area contributed by atoms with Gasteiger partial charge in [0.1, 0.15) is 6.61 Å². The van der Waals surface area contributed by atoms with Crippen molar-refractivity contribution in [1.82, 2.24) is 15.1 Å². The van der Waals surface area contributed by atoms with Crippen LogP contribution in [-0.2, 0) is 10.3 Å². The summed E-state index contributed by atoms with van der Waals surface area (Å²) in [5, 5.41) is 7.00. The van der Waals surface area contributed by atoms with E-state index in [1.165, 1.54) is 0 Å². The third-order valence-electron chi connectivity index (χ3n) is 3.39. The van der Waals surface area contributed by atoms with Crippen LogP contribution in [-0.4, -0.2) is 34.8 Å². The second-order valence-corrected chi connectivity index (χ2v) is 6.51. The van der Waals surface area contributed by atoms with Gasteiger partial charge in [-0.1, -0.05) is 18.2 Å². The highest BCUT2D eigenvalue weighted by Gasteiger charge is 2.20. The third kappa shape index (κ3) is 4.44. The molecule has 0 aliphatic carbocycles. The molecule has 0 atom stereocenters. The van der Waals surface area contributed by atoms with Crippen molar-refractivity contribution >= 4 is 11.9 Å². The maximum atomic E-state index is 12.0. The van der Waals surface area contributed by atoms with Crippen LogP contribution in [0.15, 0.2) is 36.4 Å². The fraction of sp³-hybridized carbons (Fsp3) is 0.389. The van der Waals surface area contributed by atoms with Crippen LogP contribution in [0.25, 0.3) is 0 Å². The van der Waals surface area contributed by atoms with Crippen LogP contribution in [0, 0.1) is 6.92 Å². The highest BCUT2D eigenvalue weighted by molar-refractivity contribution is 5.94. The molecule has 0 radical (unpaired) electrons. The van der Waals surface area contributed by atoms with Crippen LogP contribution in [0.3, 0.4) is 0 Å². The number of amides is 1. The number of ether oxygens (including phenoxy) is 1. The van der Waals surface area contributed by atoms with Crippen molar-refractivity contribution in [1.29, 1.82) is 0 Å². The first kappa shape index (κ1) is 17.7. The fourth-order valence-electron chi connectivity index (χ4n) is 2.33. The van der Waals surface area contributed by atoms with E-state index >= 15 is 0 Å². The van der Waals surface area contributed by atoms with Crippen LogP contribution in [0.4, 0.5) is 0 Å². The minimum absolute atomic E-state index is 0.0961. The lowest BCUT2D eigenvalue weighted by atomic mass is 10.1. The molecule has 24 heavy (non-hydrogen) atoms. The van der Waals surface area contributed by atoms with E-state index in [-0.39, 0.29) is 30.3 Å².